The van der Waals surface area contributed by atoms with Crippen molar-refractivity contribution in [2.45, 2.75) is 20.0 Å². The average molecular weight is 458 g/mol. The lowest BCUT2D eigenvalue weighted by atomic mass is 10.1. The quantitative estimate of drug-likeness (QED) is 0.382. The van der Waals surface area contributed by atoms with Gasteiger partial charge in [-0.15, -0.1) is 0 Å². The number of aromatic amines is 1. The van der Waals surface area contributed by atoms with Crippen LogP contribution in [0.4, 0.5) is 10.5 Å². The van der Waals surface area contributed by atoms with Crippen LogP contribution in [-0.2, 0) is 13.1 Å². The minimum absolute atomic E-state index is 0.140. The fraction of sp³-hybridized carbons (Fsp3) is 0.185. The number of aromatic nitrogens is 1. The summed E-state index contributed by atoms with van der Waals surface area (Å²) < 4.78 is 10.8. The fourth-order valence-electron chi connectivity index (χ4n) is 3.69. The zero-order valence-electron chi connectivity index (χ0n) is 19.2. The summed E-state index contributed by atoms with van der Waals surface area (Å²) in [5.74, 6) is 1.43. The lowest BCUT2D eigenvalue weighted by Crippen LogP contribution is -2.35. The number of H-pyrrole nitrogens is 1. The highest BCUT2D eigenvalue weighted by Gasteiger charge is 2.17. The van der Waals surface area contributed by atoms with Crippen molar-refractivity contribution < 1.29 is 14.3 Å². The first-order valence-corrected chi connectivity index (χ1v) is 11.1. The Hall–Kier alpha value is -4.26. The van der Waals surface area contributed by atoms with E-state index in [1.807, 2.05) is 61.5 Å². The van der Waals surface area contributed by atoms with Crippen LogP contribution in [0, 0.1) is 0 Å². The van der Waals surface area contributed by atoms with E-state index >= 15 is 0 Å². The van der Waals surface area contributed by atoms with Gasteiger partial charge in [0.1, 0.15) is 11.5 Å². The van der Waals surface area contributed by atoms with Crippen LogP contribution in [0.3, 0.4) is 0 Å². The molecule has 0 aliphatic rings. The minimum atomic E-state index is -0.309. The van der Waals surface area contributed by atoms with Gasteiger partial charge in [-0.3, -0.25) is 4.79 Å². The van der Waals surface area contributed by atoms with Crippen LogP contribution in [0.25, 0.3) is 10.9 Å². The van der Waals surface area contributed by atoms with Gasteiger partial charge in [-0.2, -0.15) is 0 Å². The monoisotopic (exact) mass is 457 g/mol. The van der Waals surface area contributed by atoms with Gasteiger partial charge in [0.15, 0.2) is 0 Å². The third kappa shape index (κ3) is 5.56. The van der Waals surface area contributed by atoms with Crippen LogP contribution >= 0.6 is 0 Å². The van der Waals surface area contributed by atoms with Crippen molar-refractivity contribution in [1.82, 2.24) is 9.88 Å². The smallest absolute Gasteiger partial charge is 0.322 e. The zero-order chi connectivity index (χ0) is 23.9. The SMILES string of the molecule is CCOc1ccc2[nH]c(=O)c(CN(Cc3ccccc3)C(=O)Nc3ccc(OC)cc3)cc2c1. The van der Waals surface area contributed by atoms with E-state index in [9.17, 15) is 9.59 Å². The molecule has 0 fully saturated rings. The molecule has 2 N–H and O–H groups in total. The van der Waals surface area contributed by atoms with Gasteiger partial charge < -0.3 is 24.7 Å². The maximum Gasteiger partial charge on any atom is 0.322 e. The van der Waals surface area contributed by atoms with E-state index in [0.29, 0.717) is 30.2 Å². The van der Waals surface area contributed by atoms with Crippen molar-refractivity contribution in [1.29, 1.82) is 0 Å². The summed E-state index contributed by atoms with van der Waals surface area (Å²) in [6, 6.07) is 23.8. The van der Waals surface area contributed by atoms with Crippen LogP contribution in [0.5, 0.6) is 11.5 Å². The van der Waals surface area contributed by atoms with Crippen molar-refractivity contribution in [3.05, 3.63) is 100 Å². The molecule has 4 rings (SSSR count). The van der Waals surface area contributed by atoms with Gasteiger partial charge in [0.2, 0.25) is 0 Å². The molecule has 0 atom stereocenters. The van der Waals surface area contributed by atoms with Gasteiger partial charge in [0.05, 0.1) is 20.3 Å². The third-order valence-corrected chi connectivity index (χ3v) is 5.41. The van der Waals surface area contributed by atoms with E-state index in [1.54, 1.807) is 36.3 Å². The molecule has 34 heavy (non-hydrogen) atoms. The van der Waals surface area contributed by atoms with Crippen LogP contribution in [-0.4, -0.2) is 29.6 Å². The summed E-state index contributed by atoms with van der Waals surface area (Å²) in [6.45, 7) is 2.96. The molecule has 7 heteroatoms. The molecule has 0 aliphatic carbocycles. The van der Waals surface area contributed by atoms with Gasteiger partial charge in [0.25, 0.3) is 5.56 Å². The van der Waals surface area contributed by atoms with Crippen LogP contribution < -0.4 is 20.3 Å². The largest absolute Gasteiger partial charge is 0.497 e. The Morgan fingerprint density at radius 3 is 2.38 bits per heavy atom. The van der Waals surface area contributed by atoms with Gasteiger partial charge in [-0.25, -0.2) is 4.79 Å². The normalized spacial score (nSPS) is 10.6. The summed E-state index contributed by atoms with van der Waals surface area (Å²) in [5, 5.41) is 3.76. The predicted molar refractivity (Wildman–Crippen MR) is 133 cm³/mol. The number of pyridine rings is 1. The van der Waals surface area contributed by atoms with E-state index in [2.05, 4.69) is 10.3 Å². The van der Waals surface area contributed by atoms with E-state index in [4.69, 9.17) is 9.47 Å². The number of methoxy groups -OCH3 is 1. The van der Waals surface area contributed by atoms with E-state index in [-0.39, 0.29) is 18.1 Å². The molecule has 174 valence electrons. The van der Waals surface area contributed by atoms with Crippen molar-refractivity contribution in [3.8, 4) is 11.5 Å². The molecule has 0 saturated carbocycles. The first kappa shape index (κ1) is 22.9. The number of anilines is 1. The van der Waals surface area contributed by atoms with Crippen LogP contribution in [0.2, 0.25) is 0 Å². The number of hydrogen-bond donors (Lipinski definition) is 2. The second-order valence-electron chi connectivity index (χ2n) is 7.81. The maximum atomic E-state index is 13.2. The molecular weight excluding hydrogens is 430 g/mol. The van der Waals surface area contributed by atoms with Crippen LogP contribution in [0.1, 0.15) is 18.1 Å². The first-order valence-electron chi connectivity index (χ1n) is 11.1. The molecule has 3 aromatic carbocycles. The Bertz CT molecular complexity index is 1320. The number of ether oxygens (including phenoxy) is 2. The van der Waals surface area contributed by atoms with Crippen molar-refractivity contribution in [2.24, 2.45) is 0 Å². The van der Waals surface area contributed by atoms with Crippen molar-refractivity contribution >= 4 is 22.6 Å². The average Bonchev–Trinajstić information content (AvgIpc) is 2.85. The predicted octanol–water partition coefficient (Wildman–Crippen LogP) is 5.17. The lowest BCUT2D eigenvalue weighted by molar-refractivity contribution is 0.206. The number of fused-ring (bicyclic) bond motifs is 1. The number of nitrogens with one attached hydrogen (secondary N) is 2. The molecule has 1 heterocycles. The molecule has 0 bridgehead atoms. The second-order valence-corrected chi connectivity index (χ2v) is 7.81. The Labute approximate surface area is 197 Å². The molecule has 0 unspecified atom stereocenters. The van der Waals surface area contributed by atoms with Crippen molar-refractivity contribution in [2.75, 3.05) is 19.0 Å². The summed E-state index contributed by atoms with van der Waals surface area (Å²) >= 11 is 0. The minimum Gasteiger partial charge on any atom is -0.497 e. The Morgan fingerprint density at radius 1 is 0.941 bits per heavy atom. The number of carbonyl (C=O) groups is 1. The molecule has 0 spiro atoms. The highest BCUT2D eigenvalue weighted by atomic mass is 16.5. The van der Waals surface area contributed by atoms with E-state index in [0.717, 1.165) is 22.2 Å². The lowest BCUT2D eigenvalue weighted by Gasteiger charge is -2.23. The number of carbonyl (C=O) groups excluding carboxylic acids is 1. The highest BCUT2D eigenvalue weighted by molar-refractivity contribution is 5.89. The third-order valence-electron chi connectivity index (χ3n) is 5.41. The van der Waals surface area contributed by atoms with Crippen molar-refractivity contribution in [3.63, 3.8) is 0 Å². The first-order chi connectivity index (χ1) is 16.6. The molecule has 0 saturated heterocycles. The molecular formula is C27H27N3O4. The molecule has 0 radical (unpaired) electrons. The number of nitrogens with zero attached hydrogens (tertiary/aromatic N) is 1. The number of rotatable bonds is 8. The van der Waals surface area contributed by atoms with Crippen LogP contribution in [0.15, 0.2) is 83.7 Å². The van der Waals surface area contributed by atoms with E-state index < -0.39 is 0 Å². The van der Waals surface area contributed by atoms with Gasteiger partial charge in [-0.05, 0) is 61.0 Å². The summed E-state index contributed by atoms with van der Waals surface area (Å²) in [4.78, 5) is 30.6. The Kier molecular flexibility index (Phi) is 7.13. The standard InChI is InChI=1S/C27H27N3O4/c1-3-34-24-13-14-25-20(16-24)15-21(26(31)29-25)18-30(17-19-7-5-4-6-8-19)27(32)28-22-9-11-23(33-2)12-10-22/h4-16H,3,17-18H2,1-2H3,(H,28,32)(H,29,31). The Balaban J connectivity index is 1.62. The van der Waals surface area contributed by atoms with Gasteiger partial charge >= 0.3 is 6.03 Å². The summed E-state index contributed by atoms with van der Waals surface area (Å²) in [5.41, 5.74) is 2.57. The van der Waals surface area contributed by atoms with Gasteiger partial charge in [-0.1, -0.05) is 30.3 Å². The number of amides is 2. The zero-order valence-corrected chi connectivity index (χ0v) is 19.2. The second kappa shape index (κ2) is 10.6. The number of urea groups is 1. The molecule has 0 aliphatic heterocycles. The molecule has 4 aromatic rings. The summed E-state index contributed by atoms with van der Waals surface area (Å²) in [7, 11) is 1.59. The fourth-order valence-corrected chi connectivity index (χ4v) is 3.69. The number of hydrogen-bond acceptors (Lipinski definition) is 4. The topological polar surface area (TPSA) is 83.7 Å². The molecule has 2 amide bonds. The van der Waals surface area contributed by atoms with E-state index in [1.165, 1.54) is 0 Å². The summed E-state index contributed by atoms with van der Waals surface area (Å²) in [6.07, 6.45) is 0. The molecule has 1 aromatic heterocycles. The Morgan fingerprint density at radius 2 is 1.68 bits per heavy atom. The maximum absolute atomic E-state index is 13.2. The highest BCUT2D eigenvalue weighted by Crippen LogP contribution is 2.21. The molecule has 7 nitrogen and oxygen atoms in total. The number of benzene rings is 3. The van der Waals surface area contributed by atoms with Gasteiger partial charge in [0, 0.05) is 28.7 Å².